The number of hydrogen-bond donors (Lipinski definition) is 6. The second kappa shape index (κ2) is 20.0. The van der Waals surface area contributed by atoms with Crippen molar-refractivity contribution in [1.29, 1.82) is 0 Å². The highest BCUT2D eigenvalue weighted by Crippen LogP contribution is 2.33. The SMILES string of the molecule is CC(C)(OCC(=O)NCCOCCOCCNc1cccc2c1C(=O)N(C1CCC(=O)NC1=O)C2=O)C(F)CNC(=O)c1cnc(Nc2ccc3cnccc3n2)cc1NC1CC1. The van der Waals surface area contributed by atoms with Gasteiger partial charge in [0.2, 0.25) is 17.7 Å². The van der Waals surface area contributed by atoms with Crippen LogP contribution in [0.15, 0.2) is 61.1 Å². The molecule has 1 saturated heterocycles. The van der Waals surface area contributed by atoms with E-state index in [4.69, 9.17) is 14.2 Å². The highest BCUT2D eigenvalue weighted by Gasteiger charge is 2.45. The van der Waals surface area contributed by atoms with Gasteiger partial charge in [0.05, 0.1) is 66.5 Å². The molecule has 20 heteroatoms. The Morgan fingerprint density at radius 1 is 0.921 bits per heavy atom. The second-order valence-electron chi connectivity index (χ2n) is 15.7. The number of fused-ring (bicyclic) bond motifs is 2. The van der Waals surface area contributed by atoms with Crippen LogP contribution in [0.2, 0.25) is 0 Å². The number of carbonyl (C=O) groups excluding carboxylic acids is 6. The van der Waals surface area contributed by atoms with Gasteiger partial charge >= 0.3 is 0 Å². The quantitative estimate of drug-likeness (QED) is 0.0492. The van der Waals surface area contributed by atoms with Gasteiger partial charge in [0.1, 0.15) is 30.5 Å². The van der Waals surface area contributed by atoms with Crippen LogP contribution in [-0.2, 0) is 28.6 Å². The third-order valence-corrected chi connectivity index (χ3v) is 10.6. The predicted molar refractivity (Wildman–Crippen MR) is 227 cm³/mol. The number of halogens is 1. The molecule has 1 saturated carbocycles. The summed E-state index contributed by atoms with van der Waals surface area (Å²) >= 11 is 0. The van der Waals surface area contributed by atoms with Crippen LogP contribution in [0.3, 0.4) is 0 Å². The van der Waals surface area contributed by atoms with E-state index in [0.29, 0.717) is 29.6 Å². The lowest BCUT2D eigenvalue weighted by Gasteiger charge is -2.29. The molecule has 2 fully saturated rings. The number of carbonyl (C=O) groups is 6. The number of amides is 6. The third kappa shape index (κ3) is 11.3. The van der Waals surface area contributed by atoms with E-state index >= 15 is 4.39 Å². The molecule has 4 aromatic rings. The Bertz CT molecular complexity index is 2380. The molecule has 19 nitrogen and oxygen atoms in total. The summed E-state index contributed by atoms with van der Waals surface area (Å²) in [6.07, 6.45) is 5.21. The summed E-state index contributed by atoms with van der Waals surface area (Å²) in [4.78, 5) is 89.9. The Hall–Kier alpha value is -6.64. The molecular weight excluding hydrogens is 820 g/mol. The number of imide groups is 2. The van der Waals surface area contributed by atoms with Crippen LogP contribution in [-0.4, -0.2) is 132 Å². The van der Waals surface area contributed by atoms with E-state index in [-0.39, 0.29) is 75.1 Å². The van der Waals surface area contributed by atoms with Crippen LogP contribution in [0.25, 0.3) is 10.9 Å². The first-order chi connectivity index (χ1) is 30.4. The molecule has 5 heterocycles. The highest BCUT2D eigenvalue weighted by molar-refractivity contribution is 6.25. The molecule has 6 N–H and O–H groups in total. The van der Waals surface area contributed by atoms with E-state index in [1.54, 1.807) is 30.6 Å². The van der Waals surface area contributed by atoms with Crippen LogP contribution >= 0.6 is 0 Å². The van der Waals surface area contributed by atoms with Gasteiger partial charge in [-0.15, -0.1) is 0 Å². The van der Waals surface area contributed by atoms with Gasteiger partial charge in [0.15, 0.2) is 0 Å². The number of nitrogens with zero attached hydrogens (tertiary/aromatic N) is 4. The fraction of sp³-hybridized carbons (Fsp3) is 0.419. The molecule has 6 amide bonds. The third-order valence-electron chi connectivity index (χ3n) is 10.6. The summed E-state index contributed by atoms with van der Waals surface area (Å²) in [7, 11) is 0. The Balaban J connectivity index is 0.760. The molecule has 7 rings (SSSR count). The Kier molecular flexibility index (Phi) is 14.1. The van der Waals surface area contributed by atoms with Gasteiger partial charge in [-0.25, -0.2) is 14.4 Å². The topological polar surface area (TPSA) is 244 Å². The summed E-state index contributed by atoms with van der Waals surface area (Å²) < 4.78 is 32.1. The van der Waals surface area contributed by atoms with Crippen LogP contribution in [0.4, 0.5) is 27.4 Å². The zero-order valence-electron chi connectivity index (χ0n) is 34.8. The van der Waals surface area contributed by atoms with E-state index in [1.165, 1.54) is 26.1 Å². The molecule has 0 bridgehead atoms. The molecule has 3 aliphatic rings. The van der Waals surface area contributed by atoms with Gasteiger partial charge in [-0.1, -0.05) is 6.07 Å². The smallest absolute Gasteiger partial charge is 0.264 e. The minimum atomic E-state index is -1.65. The number of ether oxygens (including phenoxy) is 3. The maximum Gasteiger partial charge on any atom is 0.264 e. The lowest BCUT2D eigenvalue weighted by molar-refractivity contribution is -0.137. The summed E-state index contributed by atoms with van der Waals surface area (Å²) in [5, 5.41) is 18.0. The average molecular weight is 869 g/mol. The summed E-state index contributed by atoms with van der Waals surface area (Å²) in [5.41, 5.74) is 0.940. The number of hydrogen-bond acceptors (Lipinski definition) is 15. The number of rotatable bonds is 22. The maximum atomic E-state index is 15.4. The molecule has 2 unspecified atom stereocenters. The number of piperidine rings is 1. The molecule has 0 radical (unpaired) electrons. The Morgan fingerprint density at radius 3 is 2.49 bits per heavy atom. The van der Waals surface area contributed by atoms with Crippen molar-refractivity contribution in [2.24, 2.45) is 0 Å². The fourth-order valence-electron chi connectivity index (χ4n) is 6.86. The number of pyridine rings is 3. The van der Waals surface area contributed by atoms with Crippen molar-refractivity contribution in [2.75, 3.05) is 68.6 Å². The Morgan fingerprint density at radius 2 is 1.71 bits per heavy atom. The van der Waals surface area contributed by atoms with Gasteiger partial charge in [-0.3, -0.25) is 44.0 Å². The van der Waals surface area contributed by atoms with Gasteiger partial charge < -0.3 is 40.8 Å². The molecule has 1 aliphatic carbocycles. The number of benzene rings is 1. The van der Waals surface area contributed by atoms with Crippen LogP contribution in [0.1, 0.15) is 70.6 Å². The molecule has 1 aromatic carbocycles. The highest BCUT2D eigenvalue weighted by atomic mass is 19.1. The minimum absolute atomic E-state index is 0.0340. The van der Waals surface area contributed by atoms with Crippen molar-refractivity contribution in [3.8, 4) is 0 Å². The fourth-order valence-corrected chi connectivity index (χ4v) is 6.86. The molecule has 2 aliphatic heterocycles. The van der Waals surface area contributed by atoms with Gasteiger partial charge in [0, 0.05) is 61.3 Å². The number of anilines is 4. The van der Waals surface area contributed by atoms with Crippen molar-refractivity contribution in [3.05, 3.63) is 77.7 Å². The first kappa shape index (κ1) is 44.4. The monoisotopic (exact) mass is 868 g/mol. The van der Waals surface area contributed by atoms with E-state index in [0.717, 1.165) is 28.6 Å². The van der Waals surface area contributed by atoms with Crippen molar-refractivity contribution in [3.63, 3.8) is 0 Å². The normalized spacial score (nSPS) is 16.7. The zero-order chi connectivity index (χ0) is 44.5. The summed E-state index contributed by atoms with van der Waals surface area (Å²) in [6.45, 7) is 3.63. The molecule has 332 valence electrons. The first-order valence-electron chi connectivity index (χ1n) is 20.7. The Labute approximate surface area is 361 Å². The number of nitrogens with one attached hydrogen (secondary N) is 6. The van der Waals surface area contributed by atoms with Gasteiger partial charge in [-0.2, -0.15) is 0 Å². The molecule has 3 aromatic heterocycles. The molecular formula is C43H49FN10O9. The number of aromatic nitrogens is 3. The lowest BCUT2D eigenvalue weighted by atomic mass is 10.0. The summed E-state index contributed by atoms with van der Waals surface area (Å²) in [6, 6.07) is 11.2. The van der Waals surface area contributed by atoms with Crippen molar-refractivity contribution < 1.29 is 47.4 Å². The predicted octanol–water partition coefficient (Wildman–Crippen LogP) is 2.87. The second-order valence-corrected chi connectivity index (χ2v) is 15.7. The maximum absolute atomic E-state index is 15.4. The molecule has 2 atom stereocenters. The van der Waals surface area contributed by atoms with Crippen LogP contribution in [0, 0.1) is 0 Å². The van der Waals surface area contributed by atoms with E-state index in [2.05, 4.69) is 46.9 Å². The molecule has 0 spiro atoms. The largest absolute Gasteiger partial charge is 0.382 e. The van der Waals surface area contributed by atoms with Crippen molar-refractivity contribution in [2.45, 2.75) is 63.4 Å². The summed E-state index contributed by atoms with van der Waals surface area (Å²) in [5.74, 6) is -2.24. The van der Waals surface area contributed by atoms with Crippen molar-refractivity contribution in [1.82, 2.24) is 35.8 Å². The van der Waals surface area contributed by atoms with Crippen molar-refractivity contribution >= 4 is 69.4 Å². The average Bonchev–Trinajstić information content (AvgIpc) is 4.05. The van der Waals surface area contributed by atoms with Crippen LogP contribution < -0.4 is 31.9 Å². The van der Waals surface area contributed by atoms with Gasteiger partial charge in [-0.05, 0) is 63.4 Å². The van der Waals surface area contributed by atoms with E-state index < -0.39 is 59.9 Å². The minimum Gasteiger partial charge on any atom is -0.382 e. The standard InChI is InChI=1S/C43H49FN10O9/c1-43(2,33(44)23-49-39(57)28-22-48-35(20-31(28)50-26-7-8-26)52-34-10-6-25-21-45-13-12-29(25)51-34)63-24-37(56)47-15-17-62-19-18-61-16-14-46-30-5-3-4-27-38(30)42(60)54(41(27)59)32-9-11-36(55)53-40(32)58/h3-6,10,12-13,20-22,26,32-33,46H,7-9,11,14-19,23-24H2,1-2H3,(H,47,56)(H,49,57)(H,53,55,58)(H2,48,50,51,52). The van der Waals surface area contributed by atoms with Gasteiger partial charge in [0.25, 0.3) is 17.7 Å². The lowest BCUT2D eigenvalue weighted by Crippen LogP contribution is -2.54. The van der Waals surface area contributed by atoms with E-state index in [9.17, 15) is 28.8 Å². The first-order valence-corrected chi connectivity index (χ1v) is 20.7. The molecule has 63 heavy (non-hydrogen) atoms. The number of alkyl halides is 1. The zero-order valence-corrected chi connectivity index (χ0v) is 34.8. The van der Waals surface area contributed by atoms with Crippen LogP contribution in [0.5, 0.6) is 0 Å². The van der Waals surface area contributed by atoms with E-state index in [1.807, 2.05) is 18.2 Å².